The van der Waals surface area contributed by atoms with Crippen molar-refractivity contribution in [3.63, 3.8) is 0 Å². The molecule has 1 aliphatic heterocycles. The summed E-state index contributed by atoms with van der Waals surface area (Å²) in [6, 6.07) is 0. The Morgan fingerprint density at radius 3 is 1.65 bits per heavy atom. The van der Waals surface area contributed by atoms with Crippen molar-refractivity contribution in [1.29, 1.82) is 0 Å². The summed E-state index contributed by atoms with van der Waals surface area (Å²) in [5, 5.41) is 18.4. The first-order valence-corrected chi connectivity index (χ1v) is 23.5. The lowest BCUT2D eigenvalue weighted by atomic mass is 10.1. The van der Waals surface area contributed by atoms with Crippen LogP contribution in [0.4, 0.5) is 0 Å². The highest BCUT2D eigenvalue weighted by Crippen LogP contribution is 2.43. The zero-order valence-electron chi connectivity index (χ0n) is 36.3. The molecule has 3 unspecified atom stereocenters. The minimum atomic E-state index is -4.66. The van der Waals surface area contributed by atoms with Gasteiger partial charge in [0.05, 0.1) is 32.0 Å². The van der Waals surface area contributed by atoms with Crippen molar-refractivity contribution in [3.8, 4) is 0 Å². The van der Waals surface area contributed by atoms with Crippen LogP contribution in [0.5, 0.6) is 0 Å². The van der Waals surface area contributed by atoms with E-state index in [-0.39, 0.29) is 31.7 Å². The Balaban J connectivity index is 2.37. The normalized spacial score (nSPS) is 18.2. The Labute approximate surface area is 361 Å². The van der Waals surface area contributed by atoms with Gasteiger partial charge in [-0.1, -0.05) is 136 Å². The summed E-state index contributed by atoms with van der Waals surface area (Å²) in [6.07, 6.45) is 51.0. The number of carbonyl (C=O) groups excluding carboxylic acids is 2. The topological polar surface area (TPSA) is 161 Å². The Morgan fingerprint density at radius 2 is 1.08 bits per heavy atom. The predicted octanol–water partition coefficient (Wildman–Crippen LogP) is 10.8. The molecule has 5 atom stereocenters. The first kappa shape index (κ1) is 54.6. The van der Waals surface area contributed by atoms with Gasteiger partial charge in [0.2, 0.25) is 0 Å². The third kappa shape index (κ3) is 35.4. The molecule has 11 nitrogen and oxygen atoms in total. The number of ether oxygens (including phenoxy) is 3. The number of aliphatic hydroxyl groups excluding tert-OH is 2. The predicted molar refractivity (Wildman–Crippen MR) is 241 cm³/mol. The fourth-order valence-electron chi connectivity index (χ4n) is 5.35. The molecule has 0 radical (unpaired) electrons. The fourth-order valence-corrected chi connectivity index (χ4v) is 6.13. The maximum Gasteiger partial charge on any atom is 0.472 e. The average Bonchev–Trinajstić information content (AvgIpc) is 4.00. The number of allylic oxidation sites excluding steroid dienone is 16. The number of aliphatic hydroxyl groups is 2. The second kappa shape index (κ2) is 38.5. The molecule has 12 heteroatoms. The van der Waals surface area contributed by atoms with Crippen LogP contribution in [-0.4, -0.2) is 77.9 Å². The number of esters is 2. The minimum Gasteiger partial charge on any atom is -0.462 e. The first-order valence-electron chi connectivity index (χ1n) is 22.0. The zero-order valence-corrected chi connectivity index (χ0v) is 37.2. The highest BCUT2D eigenvalue weighted by Gasteiger charge is 2.36. The maximum atomic E-state index is 12.6. The first-order chi connectivity index (χ1) is 29.2. The molecule has 0 aliphatic carbocycles. The molecule has 0 aromatic carbocycles. The third-order valence-electron chi connectivity index (χ3n) is 8.83. The van der Waals surface area contributed by atoms with Crippen LogP contribution in [0.2, 0.25) is 0 Å². The lowest BCUT2D eigenvalue weighted by molar-refractivity contribution is -0.161. The number of carbonyl (C=O) groups is 2. The molecule has 0 aromatic heterocycles. The quantitative estimate of drug-likeness (QED) is 0.0178. The van der Waals surface area contributed by atoms with Gasteiger partial charge in [0.1, 0.15) is 12.7 Å². The molecular formula is C48H75O11P. The van der Waals surface area contributed by atoms with E-state index in [2.05, 4.69) is 110 Å². The van der Waals surface area contributed by atoms with Crippen molar-refractivity contribution in [2.24, 2.45) is 0 Å². The van der Waals surface area contributed by atoms with Crippen LogP contribution in [0.3, 0.4) is 0 Å². The van der Waals surface area contributed by atoms with Crippen LogP contribution >= 0.6 is 7.82 Å². The molecule has 0 spiro atoms. The van der Waals surface area contributed by atoms with Gasteiger partial charge < -0.3 is 29.3 Å². The van der Waals surface area contributed by atoms with Gasteiger partial charge in [-0.15, -0.1) is 0 Å². The maximum absolute atomic E-state index is 12.6. The van der Waals surface area contributed by atoms with Gasteiger partial charge in [-0.2, -0.15) is 0 Å². The van der Waals surface area contributed by atoms with E-state index in [0.717, 1.165) is 64.2 Å². The number of hydrogen-bond acceptors (Lipinski definition) is 10. The van der Waals surface area contributed by atoms with Gasteiger partial charge in [-0.05, 0) is 89.9 Å². The molecule has 1 heterocycles. The zero-order chi connectivity index (χ0) is 43.8. The highest BCUT2D eigenvalue weighted by atomic mass is 31.2. The van der Waals surface area contributed by atoms with Crippen LogP contribution in [0.25, 0.3) is 0 Å². The van der Waals surface area contributed by atoms with Gasteiger partial charge >= 0.3 is 19.8 Å². The molecule has 338 valence electrons. The monoisotopic (exact) mass is 859 g/mol. The van der Waals surface area contributed by atoms with E-state index >= 15 is 0 Å². The van der Waals surface area contributed by atoms with Gasteiger partial charge in [-0.3, -0.25) is 18.6 Å². The number of phosphoric ester groups is 1. The molecule has 0 amide bonds. The van der Waals surface area contributed by atoms with Crippen molar-refractivity contribution >= 4 is 19.8 Å². The highest BCUT2D eigenvalue weighted by molar-refractivity contribution is 7.47. The van der Waals surface area contributed by atoms with Crippen molar-refractivity contribution in [1.82, 2.24) is 0 Å². The van der Waals surface area contributed by atoms with Gasteiger partial charge in [0.25, 0.3) is 0 Å². The molecule has 0 saturated carbocycles. The summed E-state index contributed by atoms with van der Waals surface area (Å²) in [5.41, 5.74) is 0. The number of rotatable bonds is 38. The van der Waals surface area contributed by atoms with Crippen LogP contribution in [0.1, 0.15) is 129 Å². The van der Waals surface area contributed by atoms with E-state index in [4.69, 9.17) is 23.8 Å². The average molecular weight is 859 g/mol. The van der Waals surface area contributed by atoms with E-state index in [1.54, 1.807) is 0 Å². The van der Waals surface area contributed by atoms with E-state index in [1.807, 2.05) is 18.2 Å². The summed E-state index contributed by atoms with van der Waals surface area (Å²) in [7, 11) is -4.66. The summed E-state index contributed by atoms with van der Waals surface area (Å²) in [4.78, 5) is 35.0. The largest absolute Gasteiger partial charge is 0.472 e. The molecule has 1 aliphatic rings. The number of phosphoric acid groups is 1. The molecule has 0 aromatic rings. The third-order valence-corrected chi connectivity index (χ3v) is 9.78. The van der Waals surface area contributed by atoms with Crippen molar-refractivity contribution in [2.75, 3.05) is 26.4 Å². The van der Waals surface area contributed by atoms with Crippen LogP contribution in [-0.2, 0) is 37.4 Å². The van der Waals surface area contributed by atoms with Crippen molar-refractivity contribution < 1.29 is 52.5 Å². The number of hydrogen-bond donors (Lipinski definition) is 3. The summed E-state index contributed by atoms with van der Waals surface area (Å²) in [6.45, 7) is 2.04. The fraction of sp³-hybridized carbons (Fsp3) is 0.583. The summed E-state index contributed by atoms with van der Waals surface area (Å²) in [5.74, 6) is -1.11. The summed E-state index contributed by atoms with van der Waals surface area (Å²) >= 11 is 0. The van der Waals surface area contributed by atoms with Crippen LogP contribution in [0, 0.1) is 0 Å². The van der Waals surface area contributed by atoms with E-state index in [0.29, 0.717) is 19.3 Å². The van der Waals surface area contributed by atoms with E-state index < -0.39 is 51.8 Å². The SMILES string of the molecule is CC/C=C\C/C=C\C/C=C\C/C=C\C/C=C\C/C=C\CCC(=O)OC[C@H](COP(=O)(O)OC[C@@H](O)CO)OC(=O)CCC/C=C\CC1OC1C/C=C\C/C=C\CCCCC. The lowest BCUT2D eigenvalue weighted by Crippen LogP contribution is -2.29. The Kier molecular flexibility index (Phi) is 35.0. The number of unbranched alkanes of at least 4 members (excludes halogenated alkanes) is 4. The second-order valence-electron chi connectivity index (χ2n) is 14.4. The van der Waals surface area contributed by atoms with Crippen molar-refractivity contribution in [2.45, 2.75) is 154 Å². The summed E-state index contributed by atoms with van der Waals surface area (Å²) < 4.78 is 38.4. The van der Waals surface area contributed by atoms with Crippen molar-refractivity contribution in [3.05, 3.63) is 109 Å². The van der Waals surface area contributed by atoms with Gasteiger partial charge in [0, 0.05) is 12.8 Å². The van der Waals surface area contributed by atoms with Gasteiger partial charge in [-0.25, -0.2) is 4.57 Å². The Bertz CT molecular complexity index is 1420. The molecular weight excluding hydrogens is 783 g/mol. The standard InChI is InChI=1S/C48H75O11P/c1-3-5-7-9-11-13-14-15-16-17-18-19-20-21-22-24-26-28-33-37-47(51)55-41-44(42-57-60(53,54)56-40-43(50)39-49)58-48(52)38-34-30-29-32-36-46-45(59-46)35-31-27-25-23-12-10-8-6-4-2/h5,7,11-13,15-16,18-19,21-23,26-29,31-32,43-46,49-50H,3-4,6,8-10,14,17,20,24-25,30,33-42H2,1-2H3,(H,53,54)/b7-5-,13-11-,16-15-,19-18-,22-21-,23-12-,28-26-,31-27-,32-29-/t43-,44+,45?,46?/m0/s1. The molecule has 1 saturated heterocycles. The second-order valence-corrected chi connectivity index (χ2v) is 15.8. The number of epoxide rings is 1. The van der Waals surface area contributed by atoms with Crippen LogP contribution < -0.4 is 0 Å². The Hall–Kier alpha value is -3.41. The molecule has 3 N–H and O–H groups in total. The van der Waals surface area contributed by atoms with Crippen LogP contribution in [0.15, 0.2) is 109 Å². The lowest BCUT2D eigenvalue weighted by Gasteiger charge is -2.20. The van der Waals surface area contributed by atoms with Gasteiger partial charge in [0.15, 0.2) is 6.10 Å². The smallest absolute Gasteiger partial charge is 0.462 e. The molecule has 1 fully saturated rings. The Morgan fingerprint density at radius 1 is 0.600 bits per heavy atom. The molecule has 0 bridgehead atoms. The minimum absolute atomic E-state index is 0.0772. The van der Waals surface area contributed by atoms with E-state index in [9.17, 15) is 24.2 Å². The molecule has 60 heavy (non-hydrogen) atoms. The molecule has 1 rings (SSSR count). The van der Waals surface area contributed by atoms with E-state index in [1.165, 1.54) is 19.3 Å².